The van der Waals surface area contributed by atoms with Crippen LogP contribution in [0.2, 0.25) is 0 Å². The van der Waals surface area contributed by atoms with E-state index in [4.69, 9.17) is 5.21 Å². The van der Waals surface area contributed by atoms with E-state index in [1.807, 2.05) is 18.2 Å². The van der Waals surface area contributed by atoms with Gasteiger partial charge in [-0.15, -0.1) is 16.5 Å². The molecule has 1 heterocycles. The lowest BCUT2D eigenvalue weighted by Gasteiger charge is -1.86. The molecule has 0 radical (unpaired) electrons. The van der Waals surface area contributed by atoms with Crippen molar-refractivity contribution in [3.8, 4) is 0 Å². The maximum atomic E-state index is 8.22. The molecule has 0 saturated carbocycles. The van der Waals surface area contributed by atoms with Gasteiger partial charge in [0.25, 0.3) is 0 Å². The Morgan fingerprint density at radius 3 is 3.14 bits per heavy atom. The molecule has 72 valence electrons. The number of nitrogens with zero attached hydrogens (tertiary/aromatic N) is 2. The van der Waals surface area contributed by atoms with Gasteiger partial charge in [-0.1, -0.05) is 23.9 Å². The molecule has 5 heteroatoms. The average molecular weight is 224 g/mol. The molecule has 1 N–H and O–H groups in total. The molecule has 1 aromatic heterocycles. The molecule has 0 aliphatic carbocycles. The lowest BCUT2D eigenvalue weighted by Crippen LogP contribution is -1.78. The summed E-state index contributed by atoms with van der Waals surface area (Å²) in [6.45, 7) is 0. The van der Waals surface area contributed by atoms with Crippen LogP contribution in [0.1, 0.15) is 0 Å². The lowest BCUT2D eigenvalue weighted by molar-refractivity contribution is 0.321. The van der Waals surface area contributed by atoms with Crippen LogP contribution < -0.4 is 0 Å². The maximum absolute atomic E-state index is 8.22. The highest BCUT2D eigenvalue weighted by Gasteiger charge is 2.01. The first-order chi connectivity index (χ1) is 6.90. The number of rotatable bonds is 3. The van der Waals surface area contributed by atoms with E-state index in [0.29, 0.717) is 5.75 Å². The molecule has 2 rings (SSSR count). The lowest BCUT2D eigenvalue weighted by atomic mass is 10.3. The van der Waals surface area contributed by atoms with Crippen LogP contribution in [-0.2, 0) is 0 Å². The topological polar surface area (TPSA) is 45.5 Å². The molecular formula is C9H8N2OS2. The molecule has 14 heavy (non-hydrogen) atoms. The highest BCUT2D eigenvalue weighted by Crippen LogP contribution is 2.28. The molecule has 0 spiro atoms. The SMILES string of the molecule is ON=CCSc1nc2ccccc2s1. The van der Waals surface area contributed by atoms with Gasteiger partial charge in [0.05, 0.1) is 16.4 Å². The van der Waals surface area contributed by atoms with Crippen molar-refractivity contribution in [2.24, 2.45) is 5.16 Å². The zero-order chi connectivity index (χ0) is 9.80. The number of fused-ring (bicyclic) bond motifs is 1. The molecule has 0 saturated heterocycles. The largest absolute Gasteiger partial charge is 0.411 e. The minimum Gasteiger partial charge on any atom is -0.411 e. The van der Waals surface area contributed by atoms with Crippen molar-refractivity contribution in [1.29, 1.82) is 0 Å². The fourth-order valence-electron chi connectivity index (χ4n) is 1.05. The van der Waals surface area contributed by atoms with Crippen LogP contribution in [0.25, 0.3) is 10.2 Å². The molecule has 0 bridgehead atoms. The van der Waals surface area contributed by atoms with Crippen LogP contribution >= 0.6 is 23.1 Å². The minimum absolute atomic E-state index is 0.649. The molecule has 0 aliphatic heterocycles. The van der Waals surface area contributed by atoms with Gasteiger partial charge in [0.1, 0.15) is 0 Å². The van der Waals surface area contributed by atoms with E-state index >= 15 is 0 Å². The summed E-state index contributed by atoms with van der Waals surface area (Å²) >= 11 is 3.23. The van der Waals surface area contributed by atoms with E-state index in [-0.39, 0.29) is 0 Å². The normalized spacial score (nSPS) is 11.4. The number of thiazole rings is 1. The number of benzene rings is 1. The Balaban J connectivity index is 2.18. The summed E-state index contributed by atoms with van der Waals surface area (Å²) in [5.41, 5.74) is 1.03. The second kappa shape index (κ2) is 4.43. The number of hydrogen-bond acceptors (Lipinski definition) is 5. The fourth-order valence-corrected chi connectivity index (χ4v) is 2.91. The van der Waals surface area contributed by atoms with E-state index in [9.17, 15) is 0 Å². The van der Waals surface area contributed by atoms with Crippen LogP contribution in [0.3, 0.4) is 0 Å². The van der Waals surface area contributed by atoms with Crippen molar-refractivity contribution in [3.63, 3.8) is 0 Å². The summed E-state index contributed by atoms with van der Waals surface area (Å²) in [4.78, 5) is 4.42. The molecule has 2 aromatic rings. The summed E-state index contributed by atoms with van der Waals surface area (Å²) in [7, 11) is 0. The number of aromatic nitrogens is 1. The summed E-state index contributed by atoms with van der Waals surface area (Å²) in [5, 5.41) is 11.2. The molecule has 0 fully saturated rings. The Bertz CT molecular complexity index is 420. The Kier molecular flexibility index (Phi) is 3.00. The van der Waals surface area contributed by atoms with E-state index in [1.54, 1.807) is 23.1 Å². The van der Waals surface area contributed by atoms with Gasteiger partial charge < -0.3 is 5.21 Å². The van der Waals surface area contributed by atoms with Crippen molar-refractivity contribution in [2.45, 2.75) is 4.34 Å². The molecule has 1 aromatic carbocycles. The van der Waals surface area contributed by atoms with Crippen molar-refractivity contribution in [3.05, 3.63) is 24.3 Å². The average Bonchev–Trinajstić information content (AvgIpc) is 2.60. The van der Waals surface area contributed by atoms with E-state index in [1.165, 1.54) is 10.9 Å². The maximum Gasteiger partial charge on any atom is 0.151 e. The Labute approximate surface area is 89.5 Å². The first kappa shape index (κ1) is 9.48. The van der Waals surface area contributed by atoms with Crippen molar-refractivity contribution < 1.29 is 5.21 Å². The predicted molar refractivity (Wildman–Crippen MR) is 60.6 cm³/mol. The van der Waals surface area contributed by atoms with Gasteiger partial charge in [-0.3, -0.25) is 0 Å². The van der Waals surface area contributed by atoms with Gasteiger partial charge in [0.15, 0.2) is 4.34 Å². The Hall–Kier alpha value is -1.07. The second-order valence-corrected chi connectivity index (χ2v) is 4.85. The number of thioether (sulfide) groups is 1. The van der Waals surface area contributed by atoms with Gasteiger partial charge in [-0.05, 0) is 12.1 Å². The number of oxime groups is 1. The van der Waals surface area contributed by atoms with Gasteiger partial charge in [-0.25, -0.2) is 4.98 Å². The summed E-state index contributed by atoms with van der Waals surface area (Å²) in [5.74, 6) is 0.649. The number of hydrogen-bond donors (Lipinski definition) is 1. The van der Waals surface area contributed by atoms with Gasteiger partial charge in [0, 0.05) is 5.75 Å². The predicted octanol–water partition coefficient (Wildman–Crippen LogP) is 2.85. The Morgan fingerprint density at radius 1 is 1.50 bits per heavy atom. The first-order valence-electron chi connectivity index (χ1n) is 4.04. The van der Waals surface area contributed by atoms with Gasteiger partial charge >= 0.3 is 0 Å². The van der Waals surface area contributed by atoms with Crippen LogP contribution in [-0.4, -0.2) is 22.2 Å². The van der Waals surface area contributed by atoms with Crippen LogP contribution in [0, 0.1) is 0 Å². The zero-order valence-corrected chi connectivity index (χ0v) is 8.88. The van der Waals surface area contributed by atoms with E-state index < -0.39 is 0 Å². The first-order valence-corrected chi connectivity index (χ1v) is 5.84. The molecular weight excluding hydrogens is 216 g/mol. The zero-order valence-electron chi connectivity index (χ0n) is 7.25. The molecule has 0 atom stereocenters. The standard InChI is InChI=1S/C9H8N2OS2/c12-10-5-6-13-9-11-7-3-1-2-4-8(7)14-9/h1-5,12H,6H2. The van der Waals surface area contributed by atoms with Crippen molar-refractivity contribution >= 4 is 39.5 Å². The third-order valence-electron chi connectivity index (χ3n) is 1.64. The van der Waals surface area contributed by atoms with E-state index in [0.717, 1.165) is 9.86 Å². The molecule has 3 nitrogen and oxygen atoms in total. The second-order valence-electron chi connectivity index (χ2n) is 2.56. The minimum atomic E-state index is 0.649. The summed E-state index contributed by atoms with van der Waals surface area (Å²) in [6, 6.07) is 8.03. The molecule has 0 amide bonds. The van der Waals surface area contributed by atoms with Crippen LogP contribution in [0.5, 0.6) is 0 Å². The summed E-state index contributed by atoms with van der Waals surface area (Å²) < 4.78 is 2.20. The number of para-hydroxylation sites is 1. The fraction of sp³-hybridized carbons (Fsp3) is 0.111. The quantitative estimate of drug-likeness (QED) is 0.377. The van der Waals surface area contributed by atoms with Crippen LogP contribution in [0.15, 0.2) is 33.8 Å². The molecule has 0 unspecified atom stereocenters. The van der Waals surface area contributed by atoms with E-state index in [2.05, 4.69) is 16.2 Å². The monoisotopic (exact) mass is 224 g/mol. The van der Waals surface area contributed by atoms with Crippen molar-refractivity contribution in [2.75, 3.05) is 5.75 Å². The van der Waals surface area contributed by atoms with Crippen LogP contribution in [0.4, 0.5) is 0 Å². The summed E-state index contributed by atoms with van der Waals surface area (Å²) in [6.07, 6.45) is 1.46. The Morgan fingerprint density at radius 2 is 2.36 bits per heavy atom. The third-order valence-corrected chi connectivity index (χ3v) is 3.73. The van der Waals surface area contributed by atoms with Gasteiger partial charge in [-0.2, -0.15) is 0 Å². The van der Waals surface area contributed by atoms with Crippen molar-refractivity contribution in [1.82, 2.24) is 4.98 Å². The highest BCUT2D eigenvalue weighted by atomic mass is 32.2. The smallest absolute Gasteiger partial charge is 0.151 e. The third kappa shape index (κ3) is 2.05. The van der Waals surface area contributed by atoms with Gasteiger partial charge in [0.2, 0.25) is 0 Å². The highest BCUT2D eigenvalue weighted by molar-refractivity contribution is 8.01. The molecule has 0 aliphatic rings.